The molecule has 2 N–H and O–H groups in total. The summed E-state index contributed by atoms with van der Waals surface area (Å²) in [6.45, 7) is 1.53. The van der Waals surface area contributed by atoms with E-state index in [1.807, 2.05) is 0 Å². The van der Waals surface area contributed by atoms with Gasteiger partial charge >= 0.3 is 5.97 Å². The summed E-state index contributed by atoms with van der Waals surface area (Å²) in [6, 6.07) is 0. The summed E-state index contributed by atoms with van der Waals surface area (Å²) in [7, 11) is -2.17. The molecule has 0 aromatic carbocycles. The molecule has 0 unspecified atom stereocenters. The fourth-order valence-corrected chi connectivity index (χ4v) is 3.41. The Morgan fingerprint density at radius 2 is 2.00 bits per heavy atom. The van der Waals surface area contributed by atoms with Crippen molar-refractivity contribution in [3.05, 3.63) is 0 Å². The van der Waals surface area contributed by atoms with Gasteiger partial charge in [-0.1, -0.05) is 0 Å². The Morgan fingerprint density at radius 3 is 2.57 bits per heavy atom. The summed E-state index contributed by atoms with van der Waals surface area (Å²) < 4.78 is 37.6. The molecule has 0 aromatic rings. The van der Waals surface area contributed by atoms with Crippen molar-refractivity contribution in [2.24, 2.45) is 5.92 Å². The minimum absolute atomic E-state index is 0.0408. The second kappa shape index (κ2) is 9.31. The zero-order chi connectivity index (χ0) is 15.7. The zero-order valence-electron chi connectivity index (χ0n) is 12.3. The predicted octanol–water partition coefficient (Wildman–Crippen LogP) is -0.895. The second-order valence-electron chi connectivity index (χ2n) is 4.79. The van der Waals surface area contributed by atoms with Crippen molar-refractivity contribution in [2.75, 3.05) is 46.6 Å². The number of hydrogen-bond acceptors (Lipinski definition) is 6. The van der Waals surface area contributed by atoms with Crippen molar-refractivity contribution in [1.82, 2.24) is 9.03 Å². The molecule has 0 aliphatic carbocycles. The summed E-state index contributed by atoms with van der Waals surface area (Å²) in [5.41, 5.74) is 0. The highest BCUT2D eigenvalue weighted by molar-refractivity contribution is 7.87. The van der Waals surface area contributed by atoms with Crippen LogP contribution in [0.15, 0.2) is 0 Å². The van der Waals surface area contributed by atoms with Crippen molar-refractivity contribution >= 4 is 16.2 Å². The number of aliphatic hydroxyl groups excluding tert-OH is 1. The summed E-state index contributed by atoms with van der Waals surface area (Å²) in [4.78, 5) is 11.4. The van der Waals surface area contributed by atoms with Crippen LogP contribution < -0.4 is 4.72 Å². The van der Waals surface area contributed by atoms with Crippen molar-refractivity contribution in [2.45, 2.75) is 19.3 Å². The van der Waals surface area contributed by atoms with E-state index in [-0.39, 0.29) is 31.6 Å². The van der Waals surface area contributed by atoms with Crippen molar-refractivity contribution in [3.63, 3.8) is 0 Å². The van der Waals surface area contributed by atoms with Crippen LogP contribution in [0.3, 0.4) is 0 Å². The van der Waals surface area contributed by atoms with Crippen LogP contribution in [-0.4, -0.2) is 70.4 Å². The first-order valence-electron chi connectivity index (χ1n) is 7.02. The van der Waals surface area contributed by atoms with Crippen LogP contribution in [0.5, 0.6) is 0 Å². The number of hydrogen-bond donors (Lipinski definition) is 2. The fourth-order valence-electron chi connectivity index (χ4n) is 2.13. The Balaban J connectivity index is 2.28. The highest BCUT2D eigenvalue weighted by atomic mass is 32.2. The van der Waals surface area contributed by atoms with Crippen LogP contribution in [0, 0.1) is 5.92 Å². The average molecular weight is 324 g/mol. The van der Waals surface area contributed by atoms with Crippen molar-refractivity contribution in [3.8, 4) is 0 Å². The molecule has 1 saturated heterocycles. The smallest absolute Gasteiger partial charge is 0.308 e. The van der Waals surface area contributed by atoms with Gasteiger partial charge in [-0.25, -0.2) is 4.72 Å². The minimum Gasteiger partial charge on any atom is -0.469 e. The van der Waals surface area contributed by atoms with Gasteiger partial charge in [-0.3, -0.25) is 4.79 Å². The number of nitrogens with one attached hydrogen (secondary N) is 1. The number of methoxy groups -OCH3 is 1. The van der Waals surface area contributed by atoms with E-state index in [2.05, 4.69) is 9.46 Å². The number of piperidine rings is 1. The highest BCUT2D eigenvalue weighted by Crippen LogP contribution is 2.20. The minimum atomic E-state index is -3.51. The first-order chi connectivity index (χ1) is 10.0. The number of nitrogens with zero attached hydrogens (tertiary/aromatic N) is 1. The number of carbonyl (C=O) groups excluding carboxylic acids is 1. The molecule has 0 radical (unpaired) electrons. The molecular weight excluding hydrogens is 300 g/mol. The molecule has 1 rings (SSSR count). The molecule has 0 atom stereocenters. The topological polar surface area (TPSA) is 105 Å². The van der Waals surface area contributed by atoms with E-state index < -0.39 is 10.2 Å². The molecule has 1 aliphatic rings. The lowest BCUT2D eigenvalue weighted by atomic mass is 9.99. The van der Waals surface area contributed by atoms with E-state index in [0.717, 1.165) is 0 Å². The first-order valence-corrected chi connectivity index (χ1v) is 8.46. The van der Waals surface area contributed by atoms with E-state index in [1.54, 1.807) is 0 Å². The van der Waals surface area contributed by atoms with Gasteiger partial charge < -0.3 is 14.6 Å². The molecule has 1 aliphatic heterocycles. The molecule has 0 spiro atoms. The predicted molar refractivity (Wildman–Crippen MR) is 75.8 cm³/mol. The Morgan fingerprint density at radius 1 is 1.33 bits per heavy atom. The van der Waals surface area contributed by atoms with Gasteiger partial charge in [-0.2, -0.15) is 12.7 Å². The summed E-state index contributed by atoms with van der Waals surface area (Å²) in [5, 5.41) is 8.52. The molecule has 9 heteroatoms. The molecule has 1 heterocycles. The molecule has 21 heavy (non-hydrogen) atoms. The lowest BCUT2D eigenvalue weighted by molar-refractivity contribution is -0.146. The lowest BCUT2D eigenvalue weighted by Gasteiger charge is -2.29. The molecule has 0 saturated carbocycles. The summed E-state index contributed by atoms with van der Waals surface area (Å²) in [6.07, 6.45) is 1.50. The third kappa shape index (κ3) is 6.27. The maximum atomic E-state index is 12.0. The van der Waals surface area contributed by atoms with Gasteiger partial charge in [-0.05, 0) is 19.3 Å². The Kier molecular flexibility index (Phi) is 8.12. The van der Waals surface area contributed by atoms with Crippen LogP contribution in [-0.2, 0) is 24.5 Å². The van der Waals surface area contributed by atoms with E-state index >= 15 is 0 Å². The standard InChI is InChI=1S/C12H24N2O6S/c1-19-12(16)11-3-6-14(7-4-11)21(17,18)13-5-2-9-20-10-8-15/h11,13,15H,2-10H2,1H3. The largest absolute Gasteiger partial charge is 0.469 e. The van der Waals surface area contributed by atoms with E-state index in [9.17, 15) is 13.2 Å². The molecule has 8 nitrogen and oxygen atoms in total. The van der Waals surface area contributed by atoms with E-state index in [4.69, 9.17) is 9.84 Å². The van der Waals surface area contributed by atoms with Crippen LogP contribution in [0.2, 0.25) is 0 Å². The zero-order valence-corrected chi connectivity index (χ0v) is 13.1. The number of aliphatic hydroxyl groups is 1. The van der Waals surface area contributed by atoms with Gasteiger partial charge in [0.1, 0.15) is 0 Å². The van der Waals surface area contributed by atoms with Gasteiger partial charge in [0, 0.05) is 26.2 Å². The molecule has 0 bridgehead atoms. The SMILES string of the molecule is COC(=O)C1CCN(S(=O)(=O)NCCCOCCO)CC1. The molecule has 0 aromatic heterocycles. The lowest BCUT2D eigenvalue weighted by Crippen LogP contribution is -2.46. The molecule has 124 valence electrons. The van der Waals surface area contributed by atoms with Crippen molar-refractivity contribution < 1.29 is 27.8 Å². The quantitative estimate of drug-likeness (QED) is 0.421. The Hall–Kier alpha value is -0.740. The van der Waals surface area contributed by atoms with Crippen LogP contribution in [0.1, 0.15) is 19.3 Å². The first kappa shape index (κ1) is 18.3. The van der Waals surface area contributed by atoms with Gasteiger partial charge in [0.15, 0.2) is 0 Å². The van der Waals surface area contributed by atoms with Gasteiger partial charge in [0.2, 0.25) is 0 Å². The molecular formula is C12H24N2O6S. The van der Waals surface area contributed by atoms with Crippen LogP contribution >= 0.6 is 0 Å². The van der Waals surface area contributed by atoms with E-state index in [0.29, 0.717) is 39.0 Å². The molecule has 1 fully saturated rings. The van der Waals surface area contributed by atoms with E-state index in [1.165, 1.54) is 11.4 Å². The Labute approximate surface area is 125 Å². The monoisotopic (exact) mass is 324 g/mol. The fraction of sp³-hybridized carbons (Fsp3) is 0.917. The second-order valence-corrected chi connectivity index (χ2v) is 6.54. The summed E-state index contributed by atoms with van der Waals surface area (Å²) >= 11 is 0. The van der Waals surface area contributed by atoms with Gasteiger partial charge in [0.25, 0.3) is 10.2 Å². The number of rotatable bonds is 9. The third-order valence-electron chi connectivity index (χ3n) is 3.31. The number of ether oxygens (including phenoxy) is 2. The molecule has 0 amide bonds. The highest BCUT2D eigenvalue weighted by Gasteiger charge is 2.31. The normalized spacial score (nSPS) is 17.8. The maximum absolute atomic E-state index is 12.0. The van der Waals surface area contributed by atoms with Gasteiger partial charge in [-0.15, -0.1) is 0 Å². The third-order valence-corrected chi connectivity index (χ3v) is 4.93. The van der Waals surface area contributed by atoms with Crippen LogP contribution in [0.4, 0.5) is 0 Å². The number of carbonyl (C=O) groups is 1. The average Bonchev–Trinajstić information content (AvgIpc) is 2.50. The number of esters is 1. The van der Waals surface area contributed by atoms with Crippen LogP contribution in [0.25, 0.3) is 0 Å². The summed E-state index contributed by atoms with van der Waals surface area (Å²) in [5.74, 6) is -0.491. The van der Waals surface area contributed by atoms with Crippen molar-refractivity contribution in [1.29, 1.82) is 0 Å². The Bertz CT molecular complexity index is 406. The van der Waals surface area contributed by atoms with Gasteiger partial charge in [0.05, 0.1) is 26.2 Å². The maximum Gasteiger partial charge on any atom is 0.308 e.